The summed E-state index contributed by atoms with van der Waals surface area (Å²) in [4.78, 5) is 26.2. The van der Waals surface area contributed by atoms with Gasteiger partial charge in [-0.3, -0.25) is 4.79 Å². The van der Waals surface area contributed by atoms with E-state index in [-0.39, 0.29) is 5.91 Å². The Bertz CT molecular complexity index is 950. The van der Waals surface area contributed by atoms with Crippen molar-refractivity contribution in [2.45, 2.75) is 32.8 Å². The number of rotatable bonds is 7. The smallest absolute Gasteiger partial charge is 0.407 e. The molecular formula is C25H31ClN2O5. The molecule has 0 saturated carbocycles. The minimum Gasteiger partial charge on any atom is -0.493 e. The van der Waals surface area contributed by atoms with Crippen molar-refractivity contribution in [1.82, 2.24) is 10.2 Å². The van der Waals surface area contributed by atoms with Crippen LogP contribution in [-0.4, -0.2) is 62.0 Å². The number of alkyl carbamates (subject to hydrolysis) is 1. The third-order valence-corrected chi connectivity index (χ3v) is 5.17. The molecule has 1 fully saturated rings. The van der Waals surface area contributed by atoms with Crippen LogP contribution in [0.2, 0.25) is 5.02 Å². The minimum absolute atomic E-state index is 0.00918. The van der Waals surface area contributed by atoms with Crippen LogP contribution in [0.5, 0.6) is 5.75 Å². The summed E-state index contributed by atoms with van der Waals surface area (Å²) < 4.78 is 16.5. The summed E-state index contributed by atoms with van der Waals surface area (Å²) in [6, 6.07) is 13.0. The molecule has 0 radical (unpaired) electrons. The number of carbonyl (C=O) groups is 2. The van der Waals surface area contributed by atoms with E-state index in [1.807, 2.05) is 51.1 Å². The lowest BCUT2D eigenvalue weighted by molar-refractivity contribution is 0.0303. The van der Waals surface area contributed by atoms with Crippen LogP contribution in [0.1, 0.15) is 37.6 Å². The molecule has 7 nitrogen and oxygen atoms in total. The zero-order valence-electron chi connectivity index (χ0n) is 19.4. The molecule has 0 bridgehead atoms. The summed E-state index contributed by atoms with van der Waals surface area (Å²) in [6.07, 6.45) is 0.163. The maximum absolute atomic E-state index is 12.7. The Kier molecular flexibility index (Phi) is 8.58. The Balaban J connectivity index is 1.59. The predicted molar refractivity (Wildman–Crippen MR) is 128 cm³/mol. The van der Waals surface area contributed by atoms with Crippen molar-refractivity contribution in [2.75, 3.05) is 39.5 Å². The molecule has 2 aromatic carbocycles. The standard InChI is InChI=1S/C25H31ClN2O5/c1-25(2,3)33-24(30)27-11-4-14-32-22-17-20(26)9-10-21(22)18-5-7-19(8-6-18)23(29)28-12-15-31-16-13-28/h5-10,17H,4,11-16H2,1-3H3,(H,27,30). The second-order valence-electron chi connectivity index (χ2n) is 8.75. The van der Waals surface area contributed by atoms with Crippen LogP contribution >= 0.6 is 11.6 Å². The molecule has 0 unspecified atom stereocenters. The topological polar surface area (TPSA) is 77.1 Å². The van der Waals surface area contributed by atoms with Gasteiger partial charge in [-0.15, -0.1) is 0 Å². The predicted octanol–water partition coefficient (Wildman–Crippen LogP) is 4.77. The monoisotopic (exact) mass is 474 g/mol. The fourth-order valence-corrected chi connectivity index (χ4v) is 3.52. The first kappa shape index (κ1) is 24.9. The van der Waals surface area contributed by atoms with Crippen molar-refractivity contribution < 1.29 is 23.8 Å². The second kappa shape index (κ2) is 11.4. The van der Waals surface area contributed by atoms with Crippen LogP contribution in [0.4, 0.5) is 4.79 Å². The number of nitrogens with one attached hydrogen (secondary N) is 1. The molecule has 3 rings (SSSR count). The zero-order valence-corrected chi connectivity index (χ0v) is 20.1. The first-order valence-corrected chi connectivity index (χ1v) is 11.5. The van der Waals surface area contributed by atoms with E-state index in [0.717, 1.165) is 11.1 Å². The van der Waals surface area contributed by atoms with Crippen molar-refractivity contribution in [3.8, 4) is 16.9 Å². The minimum atomic E-state index is -0.529. The molecule has 0 aliphatic carbocycles. The van der Waals surface area contributed by atoms with Gasteiger partial charge in [-0.2, -0.15) is 0 Å². The van der Waals surface area contributed by atoms with Crippen LogP contribution < -0.4 is 10.1 Å². The van der Waals surface area contributed by atoms with Gasteiger partial charge in [0.25, 0.3) is 5.91 Å². The largest absolute Gasteiger partial charge is 0.493 e. The van der Waals surface area contributed by atoms with Gasteiger partial charge in [0.15, 0.2) is 0 Å². The Morgan fingerprint density at radius 3 is 2.45 bits per heavy atom. The van der Waals surface area contributed by atoms with Crippen LogP contribution in [-0.2, 0) is 9.47 Å². The summed E-state index contributed by atoms with van der Waals surface area (Å²) in [5.74, 6) is 0.655. The molecule has 178 valence electrons. The van der Waals surface area contributed by atoms with Gasteiger partial charge in [-0.1, -0.05) is 23.7 Å². The van der Waals surface area contributed by atoms with Crippen LogP contribution in [0.3, 0.4) is 0 Å². The molecule has 1 aliphatic heterocycles. The number of carbonyl (C=O) groups excluding carboxylic acids is 2. The highest BCUT2D eigenvalue weighted by molar-refractivity contribution is 6.30. The first-order valence-electron chi connectivity index (χ1n) is 11.1. The molecular weight excluding hydrogens is 444 g/mol. The number of amides is 2. The van der Waals surface area contributed by atoms with Crippen LogP contribution in [0.25, 0.3) is 11.1 Å². The summed E-state index contributed by atoms with van der Waals surface area (Å²) in [5, 5.41) is 3.29. The number of halogens is 1. The van der Waals surface area contributed by atoms with Crippen LogP contribution in [0, 0.1) is 0 Å². The highest BCUT2D eigenvalue weighted by Crippen LogP contribution is 2.33. The van der Waals surface area contributed by atoms with Gasteiger partial charge in [0.05, 0.1) is 19.8 Å². The fraction of sp³-hybridized carbons (Fsp3) is 0.440. The number of ether oxygens (including phenoxy) is 3. The van der Waals surface area contributed by atoms with E-state index in [1.54, 1.807) is 17.0 Å². The van der Waals surface area contributed by atoms with Gasteiger partial charge < -0.3 is 24.4 Å². The van der Waals surface area contributed by atoms with E-state index in [1.165, 1.54) is 0 Å². The third-order valence-electron chi connectivity index (χ3n) is 4.93. The normalized spacial score (nSPS) is 14.0. The van der Waals surface area contributed by atoms with Crippen molar-refractivity contribution >= 4 is 23.6 Å². The molecule has 1 heterocycles. The van der Waals surface area contributed by atoms with Gasteiger partial charge in [-0.05, 0) is 63.1 Å². The first-order chi connectivity index (χ1) is 15.7. The van der Waals surface area contributed by atoms with Crippen molar-refractivity contribution in [2.24, 2.45) is 0 Å². The molecule has 1 N–H and O–H groups in total. The van der Waals surface area contributed by atoms with Crippen molar-refractivity contribution in [3.05, 3.63) is 53.1 Å². The van der Waals surface area contributed by atoms with Crippen LogP contribution in [0.15, 0.2) is 42.5 Å². The molecule has 33 heavy (non-hydrogen) atoms. The van der Waals surface area contributed by atoms with Crippen molar-refractivity contribution in [1.29, 1.82) is 0 Å². The van der Waals surface area contributed by atoms with Gasteiger partial charge in [0.1, 0.15) is 11.4 Å². The molecule has 2 amide bonds. The maximum Gasteiger partial charge on any atom is 0.407 e. The fourth-order valence-electron chi connectivity index (χ4n) is 3.35. The molecule has 8 heteroatoms. The van der Waals surface area contributed by atoms with Gasteiger partial charge in [0.2, 0.25) is 0 Å². The highest BCUT2D eigenvalue weighted by atomic mass is 35.5. The molecule has 2 aromatic rings. The highest BCUT2D eigenvalue weighted by Gasteiger charge is 2.19. The van der Waals surface area contributed by atoms with E-state index >= 15 is 0 Å². The summed E-state index contributed by atoms with van der Waals surface area (Å²) in [5.41, 5.74) is 1.92. The lowest BCUT2D eigenvalue weighted by atomic mass is 10.0. The van der Waals surface area contributed by atoms with E-state index in [0.29, 0.717) is 62.2 Å². The average molecular weight is 475 g/mol. The Hall–Kier alpha value is -2.77. The van der Waals surface area contributed by atoms with Gasteiger partial charge >= 0.3 is 6.09 Å². The maximum atomic E-state index is 12.7. The number of hydrogen-bond acceptors (Lipinski definition) is 5. The summed E-state index contributed by atoms with van der Waals surface area (Å²) in [7, 11) is 0. The molecule has 1 saturated heterocycles. The Morgan fingerprint density at radius 1 is 1.09 bits per heavy atom. The van der Waals surface area contributed by atoms with E-state index < -0.39 is 11.7 Å². The van der Waals surface area contributed by atoms with E-state index in [4.69, 9.17) is 25.8 Å². The zero-order chi connectivity index (χ0) is 23.8. The quantitative estimate of drug-likeness (QED) is 0.585. The lowest BCUT2D eigenvalue weighted by Gasteiger charge is -2.26. The number of nitrogens with zero attached hydrogens (tertiary/aromatic N) is 1. The number of benzene rings is 2. The summed E-state index contributed by atoms with van der Waals surface area (Å²) >= 11 is 6.19. The van der Waals surface area contributed by atoms with Crippen molar-refractivity contribution in [3.63, 3.8) is 0 Å². The Labute approximate surface area is 200 Å². The SMILES string of the molecule is CC(C)(C)OC(=O)NCCCOc1cc(Cl)ccc1-c1ccc(C(=O)N2CCOCC2)cc1. The molecule has 1 aliphatic rings. The average Bonchev–Trinajstić information content (AvgIpc) is 2.78. The van der Waals surface area contributed by atoms with E-state index in [2.05, 4.69) is 5.32 Å². The lowest BCUT2D eigenvalue weighted by Crippen LogP contribution is -2.40. The summed E-state index contributed by atoms with van der Waals surface area (Å²) in [6.45, 7) is 8.66. The van der Waals surface area contributed by atoms with E-state index in [9.17, 15) is 9.59 Å². The third kappa shape index (κ3) is 7.65. The molecule has 0 spiro atoms. The van der Waals surface area contributed by atoms with Gasteiger partial charge in [-0.25, -0.2) is 4.79 Å². The van der Waals surface area contributed by atoms with Gasteiger partial charge in [0, 0.05) is 35.8 Å². The Morgan fingerprint density at radius 2 is 1.79 bits per heavy atom. The number of hydrogen-bond donors (Lipinski definition) is 1. The molecule has 0 atom stereocenters. The molecule has 0 aromatic heterocycles. The second-order valence-corrected chi connectivity index (χ2v) is 9.19. The number of morpholine rings is 1.